The number of carbonyl (C=O) groups is 3. The van der Waals surface area contributed by atoms with Gasteiger partial charge in [0.05, 0.1) is 0 Å². The quantitative estimate of drug-likeness (QED) is 0.0355. The molecular weight excluding hydrogens is 636 g/mol. The molecule has 0 heterocycles. The fourth-order valence-corrected chi connectivity index (χ4v) is 6.68. The molecule has 0 aromatic carbocycles. The highest BCUT2D eigenvalue weighted by molar-refractivity contribution is 5.71. The van der Waals surface area contributed by atoms with Crippen LogP contribution >= 0.6 is 0 Å². The molecule has 0 rings (SSSR count). The lowest BCUT2D eigenvalue weighted by Gasteiger charge is -2.18. The average Bonchev–Trinajstić information content (AvgIpc) is 3.12. The Morgan fingerprint density at radius 2 is 0.529 bits per heavy atom. The minimum absolute atomic E-state index is 0.0635. The summed E-state index contributed by atoms with van der Waals surface area (Å²) < 4.78 is 16.6. The van der Waals surface area contributed by atoms with Gasteiger partial charge in [-0.3, -0.25) is 14.4 Å². The maximum Gasteiger partial charge on any atom is 0.306 e. The third-order valence-corrected chi connectivity index (χ3v) is 10.1. The number of unbranched alkanes of at least 4 members (excludes halogenated alkanes) is 30. The van der Waals surface area contributed by atoms with Gasteiger partial charge in [-0.2, -0.15) is 0 Å². The topological polar surface area (TPSA) is 78.9 Å². The van der Waals surface area contributed by atoms with E-state index in [1.54, 1.807) is 0 Å². The molecule has 302 valence electrons. The highest BCUT2D eigenvalue weighted by Gasteiger charge is 2.19. The SMILES string of the molecule is CCCCCCCCCCCCCCCCCCC(=O)O[C@@H](COC(=O)CCCCCCCCC)COC(=O)CCCCCCCCCCCC. The largest absolute Gasteiger partial charge is 0.462 e. The molecule has 0 aliphatic carbocycles. The Morgan fingerprint density at radius 3 is 0.784 bits per heavy atom. The molecule has 0 amide bonds. The molecule has 6 heteroatoms. The van der Waals surface area contributed by atoms with E-state index in [4.69, 9.17) is 14.2 Å². The van der Waals surface area contributed by atoms with Crippen molar-refractivity contribution in [2.24, 2.45) is 0 Å². The molecule has 51 heavy (non-hydrogen) atoms. The van der Waals surface area contributed by atoms with E-state index in [-0.39, 0.29) is 31.1 Å². The van der Waals surface area contributed by atoms with Crippen LogP contribution in [0, 0.1) is 0 Å². The fraction of sp³-hybridized carbons (Fsp3) is 0.933. The van der Waals surface area contributed by atoms with Crippen molar-refractivity contribution in [2.75, 3.05) is 13.2 Å². The Labute approximate surface area is 317 Å². The smallest absolute Gasteiger partial charge is 0.306 e. The molecule has 0 saturated heterocycles. The van der Waals surface area contributed by atoms with Gasteiger partial charge in [0.1, 0.15) is 13.2 Å². The summed E-state index contributed by atoms with van der Waals surface area (Å²) in [5.74, 6) is -0.860. The van der Waals surface area contributed by atoms with Crippen LogP contribution in [-0.4, -0.2) is 37.2 Å². The molecule has 0 bridgehead atoms. The van der Waals surface area contributed by atoms with E-state index < -0.39 is 6.10 Å². The maximum atomic E-state index is 12.7. The zero-order valence-corrected chi connectivity index (χ0v) is 34.4. The van der Waals surface area contributed by atoms with Gasteiger partial charge in [-0.05, 0) is 19.3 Å². The van der Waals surface area contributed by atoms with Crippen LogP contribution in [0.15, 0.2) is 0 Å². The van der Waals surface area contributed by atoms with Gasteiger partial charge in [-0.1, -0.05) is 213 Å². The summed E-state index contributed by atoms with van der Waals surface area (Å²) in [7, 11) is 0. The van der Waals surface area contributed by atoms with Gasteiger partial charge < -0.3 is 14.2 Å². The second-order valence-electron chi connectivity index (χ2n) is 15.3. The Balaban J connectivity index is 4.23. The lowest BCUT2D eigenvalue weighted by atomic mass is 10.0. The predicted molar refractivity (Wildman–Crippen MR) is 215 cm³/mol. The standard InChI is InChI=1S/C45H86O6/c1-4-7-10-13-16-18-20-21-22-23-24-25-27-30-33-36-39-45(48)51-42(40-49-43(46)37-34-31-28-15-12-9-6-3)41-50-44(47)38-35-32-29-26-19-17-14-11-8-5-2/h42H,4-41H2,1-3H3/t42-/m0/s1. The molecule has 0 radical (unpaired) electrons. The third-order valence-electron chi connectivity index (χ3n) is 10.1. The van der Waals surface area contributed by atoms with E-state index in [0.29, 0.717) is 19.3 Å². The Bertz CT molecular complexity index is 753. The van der Waals surface area contributed by atoms with Crippen molar-refractivity contribution in [3.05, 3.63) is 0 Å². The van der Waals surface area contributed by atoms with Crippen LogP contribution in [0.4, 0.5) is 0 Å². The molecule has 0 saturated carbocycles. The zero-order chi connectivity index (χ0) is 37.3. The molecule has 0 unspecified atom stereocenters. The van der Waals surface area contributed by atoms with Crippen LogP contribution in [-0.2, 0) is 28.6 Å². The number of rotatable bonds is 41. The lowest BCUT2D eigenvalue weighted by molar-refractivity contribution is -0.167. The van der Waals surface area contributed by atoms with Crippen LogP contribution in [0.1, 0.15) is 252 Å². The molecule has 0 aliphatic heterocycles. The first-order chi connectivity index (χ1) is 25.0. The van der Waals surface area contributed by atoms with Crippen LogP contribution in [0.3, 0.4) is 0 Å². The van der Waals surface area contributed by atoms with Gasteiger partial charge >= 0.3 is 17.9 Å². The first-order valence-corrected chi connectivity index (χ1v) is 22.5. The number of hydrogen-bond donors (Lipinski definition) is 0. The second kappa shape index (κ2) is 41.2. The van der Waals surface area contributed by atoms with Crippen molar-refractivity contribution >= 4 is 17.9 Å². The first-order valence-electron chi connectivity index (χ1n) is 22.5. The minimum Gasteiger partial charge on any atom is -0.462 e. The summed E-state index contributed by atoms with van der Waals surface area (Å²) in [5.41, 5.74) is 0. The van der Waals surface area contributed by atoms with Gasteiger partial charge in [-0.25, -0.2) is 0 Å². The van der Waals surface area contributed by atoms with Crippen LogP contribution in [0.5, 0.6) is 0 Å². The van der Waals surface area contributed by atoms with Gasteiger partial charge in [0.25, 0.3) is 0 Å². The molecular formula is C45H86O6. The van der Waals surface area contributed by atoms with Crippen LogP contribution in [0.2, 0.25) is 0 Å². The van der Waals surface area contributed by atoms with Gasteiger partial charge in [0.15, 0.2) is 6.10 Å². The van der Waals surface area contributed by atoms with Crippen molar-refractivity contribution in [2.45, 2.75) is 258 Å². The van der Waals surface area contributed by atoms with Gasteiger partial charge in [0, 0.05) is 19.3 Å². The van der Waals surface area contributed by atoms with Crippen molar-refractivity contribution in [3.63, 3.8) is 0 Å². The summed E-state index contributed by atoms with van der Waals surface area (Å²) in [5, 5.41) is 0. The van der Waals surface area contributed by atoms with Crippen molar-refractivity contribution in [1.82, 2.24) is 0 Å². The van der Waals surface area contributed by atoms with E-state index in [9.17, 15) is 14.4 Å². The molecule has 0 fully saturated rings. The van der Waals surface area contributed by atoms with E-state index in [2.05, 4.69) is 20.8 Å². The number of hydrogen-bond acceptors (Lipinski definition) is 6. The Hall–Kier alpha value is -1.59. The van der Waals surface area contributed by atoms with Crippen molar-refractivity contribution in [3.8, 4) is 0 Å². The monoisotopic (exact) mass is 723 g/mol. The zero-order valence-electron chi connectivity index (χ0n) is 34.4. The molecule has 0 aromatic rings. The Kier molecular flexibility index (Phi) is 39.9. The number of ether oxygens (including phenoxy) is 3. The molecule has 1 atom stereocenters. The highest BCUT2D eigenvalue weighted by Crippen LogP contribution is 2.16. The van der Waals surface area contributed by atoms with E-state index >= 15 is 0 Å². The van der Waals surface area contributed by atoms with Crippen LogP contribution < -0.4 is 0 Å². The summed E-state index contributed by atoms with van der Waals surface area (Å²) in [6.07, 6.45) is 40.9. The molecule has 0 aliphatic rings. The molecule has 6 nitrogen and oxygen atoms in total. The second-order valence-corrected chi connectivity index (χ2v) is 15.3. The maximum absolute atomic E-state index is 12.7. The summed E-state index contributed by atoms with van der Waals surface area (Å²) in [6, 6.07) is 0. The molecule has 0 aromatic heterocycles. The first kappa shape index (κ1) is 49.4. The van der Waals surface area contributed by atoms with Gasteiger partial charge in [-0.15, -0.1) is 0 Å². The van der Waals surface area contributed by atoms with Crippen LogP contribution in [0.25, 0.3) is 0 Å². The molecule has 0 N–H and O–H groups in total. The summed E-state index contributed by atoms with van der Waals surface area (Å²) >= 11 is 0. The van der Waals surface area contributed by atoms with E-state index in [1.165, 1.54) is 154 Å². The minimum atomic E-state index is -0.756. The predicted octanol–water partition coefficient (Wildman–Crippen LogP) is 14.1. The normalized spacial score (nSPS) is 11.8. The van der Waals surface area contributed by atoms with Gasteiger partial charge in [0.2, 0.25) is 0 Å². The number of esters is 3. The van der Waals surface area contributed by atoms with E-state index in [0.717, 1.165) is 57.8 Å². The van der Waals surface area contributed by atoms with Crippen molar-refractivity contribution in [1.29, 1.82) is 0 Å². The molecule has 0 spiro atoms. The summed E-state index contributed by atoms with van der Waals surface area (Å²) in [4.78, 5) is 37.5. The summed E-state index contributed by atoms with van der Waals surface area (Å²) in [6.45, 7) is 6.60. The Morgan fingerprint density at radius 1 is 0.314 bits per heavy atom. The lowest BCUT2D eigenvalue weighted by Crippen LogP contribution is -2.30. The highest BCUT2D eigenvalue weighted by atomic mass is 16.6. The average molecular weight is 723 g/mol. The third kappa shape index (κ3) is 39.5. The number of carbonyl (C=O) groups excluding carboxylic acids is 3. The fourth-order valence-electron chi connectivity index (χ4n) is 6.68. The van der Waals surface area contributed by atoms with E-state index in [1.807, 2.05) is 0 Å². The van der Waals surface area contributed by atoms with Crippen molar-refractivity contribution < 1.29 is 28.6 Å².